The van der Waals surface area contributed by atoms with Crippen molar-refractivity contribution in [2.75, 3.05) is 26.2 Å². The lowest BCUT2D eigenvalue weighted by Crippen LogP contribution is -2.38. The fraction of sp³-hybridized carbons (Fsp3) is 0.714. The van der Waals surface area contributed by atoms with Crippen LogP contribution in [0, 0.1) is 6.92 Å². The van der Waals surface area contributed by atoms with Crippen LogP contribution in [0.25, 0.3) is 0 Å². The summed E-state index contributed by atoms with van der Waals surface area (Å²) in [6.07, 6.45) is -2.62. The van der Waals surface area contributed by atoms with Crippen LogP contribution in [0.3, 0.4) is 0 Å². The van der Waals surface area contributed by atoms with Crippen LogP contribution in [-0.2, 0) is 4.79 Å². The van der Waals surface area contributed by atoms with Gasteiger partial charge in [0.2, 0.25) is 5.91 Å². The summed E-state index contributed by atoms with van der Waals surface area (Å²) in [5.41, 5.74) is 0.256. The summed E-state index contributed by atoms with van der Waals surface area (Å²) in [4.78, 5) is 14.2. The number of aryl methyl sites for hydroxylation is 1. The first kappa shape index (κ1) is 17.6. The van der Waals surface area contributed by atoms with Gasteiger partial charge in [0.1, 0.15) is 11.7 Å². The Morgan fingerprint density at radius 1 is 1.43 bits per heavy atom. The fourth-order valence-electron chi connectivity index (χ4n) is 2.15. The highest BCUT2D eigenvalue weighted by atomic mass is 19.3. The number of likely N-dealkylation sites (N-methyl/N-ethyl adjacent to an activating group) is 1. The number of hydrogen-bond donors (Lipinski definition) is 1. The molecule has 0 bridgehead atoms. The van der Waals surface area contributed by atoms with E-state index in [1.165, 1.54) is 10.7 Å². The van der Waals surface area contributed by atoms with Gasteiger partial charge < -0.3 is 10.2 Å². The minimum Gasteiger partial charge on any atom is -0.353 e. The molecular formula is C14H24F2N4O. The first-order valence-electron chi connectivity index (χ1n) is 7.24. The number of carbonyl (C=O) groups excluding carboxylic acids is 1. The van der Waals surface area contributed by atoms with Gasteiger partial charge in [-0.1, -0.05) is 13.8 Å². The normalized spacial score (nSPS) is 13.0. The molecule has 21 heavy (non-hydrogen) atoms. The molecule has 0 radical (unpaired) electrons. The Morgan fingerprint density at radius 3 is 2.52 bits per heavy atom. The first-order chi connectivity index (χ1) is 9.90. The van der Waals surface area contributed by atoms with E-state index in [9.17, 15) is 13.6 Å². The number of carbonyl (C=O) groups is 1. The molecule has 1 aromatic rings. The molecule has 120 valence electrons. The first-order valence-corrected chi connectivity index (χ1v) is 7.24. The molecule has 0 aliphatic carbocycles. The second kappa shape index (κ2) is 8.07. The second-order valence-electron chi connectivity index (χ2n) is 4.95. The summed E-state index contributed by atoms with van der Waals surface area (Å²) in [6, 6.07) is 0.707. The molecule has 1 aromatic heterocycles. The molecule has 5 nitrogen and oxygen atoms in total. The van der Waals surface area contributed by atoms with Crippen LogP contribution in [0.4, 0.5) is 8.78 Å². The standard InChI is InChI=1S/C14H24F2N4O/c1-5-19(6-2)8-7-17-14(21)11(4)20-10(3)9-12(18-20)13(15)16/h9,11,13H,5-8H2,1-4H3,(H,17,21). The topological polar surface area (TPSA) is 50.2 Å². The number of nitrogens with one attached hydrogen (secondary N) is 1. The number of amides is 1. The van der Waals surface area contributed by atoms with Gasteiger partial charge in [0, 0.05) is 18.8 Å². The largest absolute Gasteiger partial charge is 0.353 e. The summed E-state index contributed by atoms with van der Waals surface area (Å²) in [6.45, 7) is 10.6. The van der Waals surface area contributed by atoms with Gasteiger partial charge in [-0.05, 0) is 33.0 Å². The maximum Gasteiger partial charge on any atom is 0.282 e. The van der Waals surface area contributed by atoms with Crippen LogP contribution in [0.2, 0.25) is 0 Å². The van der Waals surface area contributed by atoms with E-state index in [4.69, 9.17) is 0 Å². The van der Waals surface area contributed by atoms with Crippen molar-refractivity contribution in [3.05, 3.63) is 17.5 Å². The van der Waals surface area contributed by atoms with E-state index >= 15 is 0 Å². The Kier molecular flexibility index (Phi) is 6.74. The SMILES string of the molecule is CCN(CC)CCNC(=O)C(C)n1nc(C(F)F)cc1C. The number of rotatable bonds is 8. The molecule has 1 unspecified atom stereocenters. The molecular weight excluding hydrogens is 278 g/mol. The molecule has 1 atom stereocenters. The van der Waals surface area contributed by atoms with E-state index in [1.54, 1.807) is 13.8 Å². The molecule has 0 saturated heterocycles. The average Bonchev–Trinajstić information content (AvgIpc) is 2.84. The lowest BCUT2D eigenvalue weighted by molar-refractivity contribution is -0.124. The van der Waals surface area contributed by atoms with Crippen molar-refractivity contribution in [3.8, 4) is 0 Å². The van der Waals surface area contributed by atoms with E-state index < -0.39 is 12.5 Å². The highest BCUT2D eigenvalue weighted by molar-refractivity contribution is 5.79. The third-order valence-corrected chi connectivity index (χ3v) is 3.53. The van der Waals surface area contributed by atoms with E-state index in [0.29, 0.717) is 12.2 Å². The van der Waals surface area contributed by atoms with Crippen molar-refractivity contribution in [3.63, 3.8) is 0 Å². The molecule has 0 aliphatic rings. The number of hydrogen-bond acceptors (Lipinski definition) is 3. The zero-order chi connectivity index (χ0) is 16.0. The Balaban J connectivity index is 2.58. The van der Waals surface area contributed by atoms with E-state index in [2.05, 4.69) is 29.2 Å². The van der Waals surface area contributed by atoms with Crippen LogP contribution in [0.5, 0.6) is 0 Å². The van der Waals surface area contributed by atoms with E-state index in [0.717, 1.165) is 19.6 Å². The van der Waals surface area contributed by atoms with Gasteiger partial charge in [0.15, 0.2) is 0 Å². The maximum absolute atomic E-state index is 12.6. The number of halogens is 2. The van der Waals surface area contributed by atoms with E-state index in [-0.39, 0.29) is 11.6 Å². The van der Waals surface area contributed by atoms with Gasteiger partial charge in [0.05, 0.1) is 0 Å². The maximum atomic E-state index is 12.6. The molecule has 0 aliphatic heterocycles. The molecule has 0 aromatic carbocycles. The monoisotopic (exact) mass is 302 g/mol. The summed E-state index contributed by atoms with van der Waals surface area (Å²) >= 11 is 0. The summed E-state index contributed by atoms with van der Waals surface area (Å²) < 4.78 is 26.6. The molecule has 0 fully saturated rings. The third-order valence-electron chi connectivity index (χ3n) is 3.53. The average molecular weight is 302 g/mol. The minimum atomic E-state index is -2.62. The Morgan fingerprint density at radius 2 is 2.05 bits per heavy atom. The smallest absolute Gasteiger partial charge is 0.282 e. The van der Waals surface area contributed by atoms with Crippen molar-refractivity contribution >= 4 is 5.91 Å². The van der Waals surface area contributed by atoms with Gasteiger partial charge in [0.25, 0.3) is 6.43 Å². The van der Waals surface area contributed by atoms with Crippen LogP contribution in [0.15, 0.2) is 6.07 Å². The predicted molar refractivity (Wildman–Crippen MR) is 77.4 cm³/mol. The zero-order valence-corrected chi connectivity index (χ0v) is 13.1. The lowest BCUT2D eigenvalue weighted by atomic mass is 10.3. The minimum absolute atomic E-state index is 0.214. The van der Waals surface area contributed by atoms with E-state index in [1.807, 2.05) is 0 Å². The molecule has 0 spiro atoms. The van der Waals surface area contributed by atoms with Gasteiger partial charge in [-0.15, -0.1) is 0 Å². The fourth-order valence-corrected chi connectivity index (χ4v) is 2.15. The molecule has 1 N–H and O–H groups in total. The molecule has 1 rings (SSSR count). The lowest BCUT2D eigenvalue weighted by Gasteiger charge is -2.19. The highest BCUT2D eigenvalue weighted by Crippen LogP contribution is 2.20. The number of alkyl halides is 2. The summed E-state index contributed by atoms with van der Waals surface area (Å²) in [5, 5.41) is 6.62. The second-order valence-corrected chi connectivity index (χ2v) is 4.95. The van der Waals surface area contributed by atoms with Crippen molar-refractivity contribution in [1.29, 1.82) is 0 Å². The third kappa shape index (κ3) is 4.77. The Bertz CT molecular complexity index is 458. The highest BCUT2D eigenvalue weighted by Gasteiger charge is 2.20. The van der Waals surface area contributed by atoms with Crippen LogP contribution in [-0.4, -0.2) is 46.8 Å². The van der Waals surface area contributed by atoms with Crippen molar-refractivity contribution in [2.45, 2.75) is 40.2 Å². The number of nitrogens with zero attached hydrogens (tertiary/aromatic N) is 3. The van der Waals surface area contributed by atoms with Gasteiger partial charge >= 0.3 is 0 Å². The Labute approximate surface area is 124 Å². The van der Waals surface area contributed by atoms with Gasteiger partial charge in [-0.25, -0.2) is 8.78 Å². The molecule has 1 amide bonds. The van der Waals surface area contributed by atoms with Crippen molar-refractivity contribution < 1.29 is 13.6 Å². The molecule has 1 heterocycles. The summed E-state index contributed by atoms with van der Waals surface area (Å²) in [5.74, 6) is -0.214. The van der Waals surface area contributed by atoms with Gasteiger partial charge in [-0.2, -0.15) is 5.10 Å². The van der Waals surface area contributed by atoms with Crippen molar-refractivity contribution in [2.24, 2.45) is 0 Å². The van der Waals surface area contributed by atoms with Crippen LogP contribution >= 0.6 is 0 Å². The van der Waals surface area contributed by atoms with Crippen molar-refractivity contribution in [1.82, 2.24) is 20.0 Å². The van der Waals surface area contributed by atoms with Crippen LogP contribution in [0.1, 0.15) is 44.6 Å². The zero-order valence-electron chi connectivity index (χ0n) is 13.1. The molecule has 0 saturated carbocycles. The van der Waals surface area contributed by atoms with Gasteiger partial charge in [-0.3, -0.25) is 9.48 Å². The summed E-state index contributed by atoms with van der Waals surface area (Å²) in [7, 11) is 0. The number of aromatic nitrogens is 2. The Hall–Kier alpha value is -1.50. The molecule has 7 heteroatoms. The van der Waals surface area contributed by atoms with Crippen LogP contribution < -0.4 is 5.32 Å². The predicted octanol–water partition coefficient (Wildman–Crippen LogP) is 2.15. The quantitative estimate of drug-likeness (QED) is 0.800.